The highest BCUT2D eigenvalue weighted by Gasteiger charge is 2.03. The fraction of sp³-hybridized carbons (Fsp3) is 0.294. The summed E-state index contributed by atoms with van der Waals surface area (Å²) in [5, 5.41) is 0. The van der Waals surface area contributed by atoms with Crippen molar-refractivity contribution < 1.29 is 4.74 Å². The molecule has 0 fully saturated rings. The van der Waals surface area contributed by atoms with Crippen molar-refractivity contribution in [2.24, 2.45) is 5.73 Å². The maximum atomic E-state index is 5.99. The van der Waals surface area contributed by atoms with Crippen LogP contribution < -0.4 is 10.5 Å². The normalized spacial score (nSPS) is 12.1. The van der Waals surface area contributed by atoms with Crippen molar-refractivity contribution in [1.29, 1.82) is 0 Å². The van der Waals surface area contributed by atoms with Gasteiger partial charge < -0.3 is 10.5 Å². The molecule has 0 radical (unpaired) electrons. The minimum Gasteiger partial charge on any atom is -0.493 e. The minimum atomic E-state index is 0.123. The van der Waals surface area contributed by atoms with E-state index < -0.39 is 0 Å². The lowest BCUT2D eigenvalue weighted by atomic mass is 10.1. The van der Waals surface area contributed by atoms with Gasteiger partial charge in [0.1, 0.15) is 5.75 Å². The Bertz CT molecular complexity index is 498. The first-order chi connectivity index (χ1) is 9.79. The van der Waals surface area contributed by atoms with Gasteiger partial charge in [-0.1, -0.05) is 37.3 Å². The standard InChI is InChI=1S/C17H21NOS/c1-2-17(18)14-8-10-15(11-9-14)19-12-13-20-16-6-4-3-5-7-16/h3-11,17H,2,12-13,18H2,1H3. The molecular formula is C17H21NOS. The first-order valence-corrected chi connectivity index (χ1v) is 7.94. The van der Waals surface area contributed by atoms with E-state index in [0.29, 0.717) is 6.61 Å². The third-order valence-electron chi connectivity index (χ3n) is 3.11. The Hall–Kier alpha value is -1.45. The van der Waals surface area contributed by atoms with Gasteiger partial charge in [-0.25, -0.2) is 0 Å². The summed E-state index contributed by atoms with van der Waals surface area (Å²) in [4.78, 5) is 1.28. The Balaban J connectivity index is 1.74. The SMILES string of the molecule is CCC(N)c1ccc(OCCSc2ccccc2)cc1. The van der Waals surface area contributed by atoms with Crippen molar-refractivity contribution in [1.82, 2.24) is 0 Å². The van der Waals surface area contributed by atoms with E-state index in [4.69, 9.17) is 10.5 Å². The van der Waals surface area contributed by atoms with Crippen molar-refractivity contribution in [2.45, 2.75) is 24.3 Å². The largest absolute Gasteiger partial charge is 0.493 e. The molecule has 0 heterocycles. The summed E-state index contributed by atoms with van der Waals surface area (Å²) in [6.45, 7) is 2.80. The highest BCUT2D eigenvalue weighted by Crippen LogP contribution is 2.20. The molecule has 2 aromatic carbocycles. The number of rotatable bonds is 7. The van der Waals surface area contributed by atoms with E-state index in [0.717, 1.165) is 17.9 Å². The second kappa shape index (κ2) is 7.98. The predicted molar refractivity (Wildman–Crippen MR) is 86.3 cm³/mol. The van der Waals surface area contributed by atoms with E-state index in [9.17, 15) is 0 Å². The second-order valence-electron chi connectivity index (χ2n) is 4.59. The third-order valence-corrected chi connectivity index (χ3v) is 4.09. The maximum absolute atomic E-state index is 5.99. The number of thioether (sulfide) groups is 1. The van der Waals surface area contributed by atoms with Gasteiger partial charge in [-0.15, -0.1) is 11.8 Å². The Labute approximate surface area is 125 Å². The molecule has 2 N–H and O–H groups in total. The number of nitrogens with two attached hydrogens (primary N) is 1. The van der Waals surface area contributed by atoms with Crippen LogP contribution in [0.2, 0.25) is 0 Å². The van der Waals surface area contributed by atoms with Gasteiger partial charge in [-0.3, -0.25) is 0 Å². The minimum absolute atomic E-state index is 0.123. The average molecular weight is 287 g/mol. The predicted octanol–water partition coefficient (Wildman–Crippen LogP) is 4.27. The van der Waals surface area contributed by atoms with Crippen LogP contribution in [-0.4, -0.2) is 12.4 Å². The quantitative estimate of drug-likeness (QED) is 0.610. The van der Waals surface area contributed by atoms with Gasteiger partial charge in [0.15, 0.2) is 0 Å². The van der Waals surface area contributed by atoms with Crippen LogP contribution in [0.5, 0.6) is 5.75 Å². The van der Waals surface area contributed by atoms with Gasteiger partial charge in [-0.2, -0.15) is 0 Å². The van der Waals surface area contributed by atoms with Gasteiger partial charge in [0.05, 0.1) is 6.61 Å². The van der Waals surface area contributed by atoms with E-state index in [1.165, 1.54) is 10.5 Å². The fourth-order valence-electron chi connectivity index (χ4n) is 1.88. The number of benzene rings is 2. The molecule has 0 aromatic heterocycles. The van der Waals surface area contributed by atoms with Gasteiger partial charge in [0, 0.05) is 16.7 Å². The topological polar surface area (TPSA) is 35.2 Å². The van der Waals surface area contributed by atoms with Crippen LogP contribution in [0.1, 0.15) is 24.9 Å². The lowest BCUT2D eigenvalue weighted by molar-refractivity contribution is 0.344. The summed E-state index contributed by atoms with van der Waals surface area (Å²) in [5.41, 5.74) is 7.15. The molecule has 2 nitrogen and oxygen atoms in total. The van der Waals surface area contributed by atoms with E-state index in [-0.39, 0.29) is 6.04 Å². The summed E-state index contributed by atoms with van der Waals surface area (Å²) >= 11 is 1.81. The summed E-state index contributed by atoms with van der Waals surface area (Å²) in [7, 11) is 0. The maximum Gasteiger partial charge on any atom is 0.119 e. The molecule has 0 aliphatic carbocycles. The molecule has 0 spiro atoms. The highest BCUT2D eigenvalue weighted by atomic mass is 32.2. The average Bonchev–Trinajstić information content (AvgIpc) is 2.52. The Morgan fingerprint density at radius 1 is 1.05 bits per heavy atom. The molecule has 1 unspecified atom stereocenters. The fourth-order valence-corrected chi connectivity index (χ4v) is 2.63. The Morgan fingerprint density at radius 2 is 1.75 bits per heavy atom. The molecule has 20 heavy (non-hydrogen) atoms. The van der Waals surface area contributed by atoms with E-state index in [2.05, 4.69) is 31.2 Å². The molecule has 0 saturated carbocycles. The summed E-state index contributed by atoms with van der Waals surface area (Å²) < 4.78 is 5.73. The first kappa shape index (κ1) is 14.9. The highest BCUT2D eigenvalue weighted by molar-refractivity contribution is 7.99. The van der Waals surface area contributed by atoms with Crippen LogP contribution in [0, 0.1) is 0 Å². The molecule has 0 aliphatic rings. The van der Waals surface area contributed by atoms with Gasteiger partial charge in [0.25, 0.3) is 0 Å². The van der Waals surface area contributed by atoms with Gasteiger partial charge >= 0.3 is 0 Å². The summed E-state index contributed by atoms with van der Waals surface area (Å²) in [6, 6.07) is 18.6. The molecular weight excluding hydrogens is 266 g/mol. The van der Waals surface area contributed by atoms with Crippen molar-refractivity contribution in [3.63, 3.8) is 0 Å². The summed E-state index contributed by atoms with van der Waals surface area (Å²) in [5.74, 6) is 1.85. The third kappa shape index (κ3) is 4.58. The van der Waals surface area contributed by atoms with Crippen molar-refractivity contribution in [2.75, 3.05) is 12.4 Å². The zero-order valence-electron chi connectivity index (χ0n) is 11.8. The molecule has 3 heteroatoms. The summed E-state index contributed by atoms with van der Waals surface area (Å²) in [6.07, 6.45) is 0.952. The van der Waals surface area contributed by atoms with E-state index in [1.54, 1.807) is 11.8 Å². The van der Waals surface area contributed by atoms with Crippen molar-refractivity contribution in [3.05, 3.63) is 60.2 Å². The molecule has 1 atom stereocenters. The monoisotopic (exact) mass is 287 g/mol. The number of hydrogen-bond donors (Lipinski definition) is 1. The van der Waals surface area contributed by atoms with Gasteiger partial charge in [-0.05, 0) is 36.2 Å². The van der Waals surface area contributed by atoms with Crippen LogP contribution in [0.4, 0.5) is 0 Å². The van der Waals surface area contributed by atoms with E-state index >= 15 is 0 Å². The molecule has 0 bridgehead atoms. The van der Waals surface area contributed by atoms with E-state index in [1.807, 2.05) is 30.3 Å². The van der Waals surface area contributed by atoms with Crippen molar-refractivity contribution >= 4 is 11.8 Å². The second-order valence-corrected chi connectivity index (χ2v) is 5.76. The zero-order valence-corrected chi connectivity index (χ0v) is 12.6. The Morgan fingerprint density at radius 3 is 2.40 bits per heavy atom. The smallest absolute Gasteiger partial charge is 0.119 e. The molecule has 0 amide bonds. The molecule has 2 aromatic rings. The number of hydrogen-bond acceptors (Lipinski definition) is 3. The van der Waals surface area contributed by atoms with Crippen LogP contribution in [0.15, 0.2) is 59.5 Å². The lowest BCUT2D eigenvalue weighted by Crippen LogP contribution is -2.08. The molecule has 106 valence electrons. The van der Waals surface area contributed by atoms with Crippen LogP contribution in [0.3, 0.4) is 0 Å². The molecule has 0 aliphatic heterocycles. The van der Waals surface area contributed by atoms with Gasteiger partial charge in [0.2, 0.25) is 0 Å². The first-order valence-electron chi connectivity index (χ1n) is 6.96. The van der Waals surface area contributed by atoms with Crippen LogP contribution >= 0.6 is 11.8 Å². The van der Waals surface area contributed by atoms with Crippen LogP contribution in [0.25, 0.3) is 0 Å². The Kier molecular flexibility index (Phi) is 5.96. The van der Waals surface area contributed by atoms with Crippen LogP contribution in [-0.2, 0) is 0 Å². The molecule has 2 rings (SSSR count). The molecule has 0 saturated heterocycles. The van der Waals surface area contributed by atoms with Crippen molar-refractivity contribution in [3.8, 4) is 5.75 Å². The number of ether oxygens (including phenoxy) is 1. The lowest BCUT2D eigenvalue weighted by Gasteiger charge is -2.10. The zero-order chi connectivity index (χ0) is 14.2.